The van der Waals surface area contributed by atoms with Crippen molar-refractivity contribution in [3.05, 3.63) is 65.6 Å². The van der Waals surface area contributed by atoms with Crippen LogP contribution in [-0.2, 0) is 28.6 Å². The number of allylic oxidation sites excluding steroid dienone is 2. The first-order chi connectivity index (χ1) is 15.1. The highest BCUT2D eigenvalue weighted by atomic mass is 16.7. The zero-order chi connectivity index (χ0) is 23.5. The van der Waals surface area contributed by atoms with Gasteiger partial charge in [0.05, 0.1) is 11.8 Å². The Kier molecular flexibility index (Phi) is 6.72. The molecular formula is C24H27NO7. The van der Waals surface area contributed by atoms with Crippen LogP contribution in [0.1, 0.15) is 39.2 Å². The number of amides is 1. The second-order valence-electron chi connectivity index (χ2n) is 8.55. The van der Waals surface area contributed by atoms with Gasteiger partial charge in [-0.25, -0.2) is 4.79 Å². The van der Waals surface area contributed by atoms with Gasteiger partial charge in [0.1, 0.15) is 11.5 Å². The molecule has 3 rings (SSSR count). The van der Waals surface area contributed by atoms with Gasteiger partial charge in [-0.05, 0) is 32.8 Å². The van der Waals surface area contributed by atoms with E-state index in [9.17, 15) is 19.5 Å². The number of hydrogen-bond acceptors (Lipinski definition) is 7. The molecule has 170 valence electrons. The molecule has 0 radical (unpaired) electrons. The number of carbonyl (C=O) groups is 3. The Morgan fingerprint density at radius 1 is 1.25 bits per heavy atom. The Labute approximate surface area is 186 Å². The fourth-order valence-electron chi connectivity index (χ4n) is 3.28. The van der Waals surface area contributed by atoms with E-state index in [2.05, 4.69) is 6.58 Å². The first-order valence-electron chi connectivity index (χ1n) is 10.2. The summed E-state index contributed by atoms with van der Waals surface area (Å²) in [6, 6.07) is 8.37. The number of hydrogen-bond donors (Lipinski definition) is 1. The average Bonchev–Trinajstić information content (AvgIpc) is 3.03. The summed E-state index contributed by atoms with van der Waals surface area (Å²) in [7, 11) is 0. The summed E-state index contributed by atoms with van der Waals surface area (Å²) in [4.78, 5) is 38.0. The van der Waals surface area contributed by atoms with E-state index in [4.69, 9.17) is 14.2 Å². The largest absolute Gasteiger partial charge is 0.508 e. The highest BCUT2D eigenvalue weighted by molar-refractivity contribution is 5.92. The maximum absolute atomic E-state index is 12.8. The molecule has 2 saturated heterocycles. The molecule has 0 spiro atoms. The molecule has 0 aliphatic carbocycles. The summed E-state index contributed by atoms with van der Waals surface area (Å²) < 4.78 is 15.9. The van der Waals surface area contributed by atoms with E-state index in [1.807, 2.05) is 36.4 Å². The van der Waals surface area contributed by atoms with Gasteiger partial charge in [-0.2, -0.15) is 0 Å². The van der Waals surface area contributed by atoms with Crippen LogP contribution in [0.25, 0.3) is 6.08 Å². The third-order valence-electron chi connectivity index (χ3n) is 5.04. The number of esters is 2. The van der Waals surface area contributed by atoms with E-state index in [-0.39, 0.29) is 35.8 Å². The second-order valence-corrected chi connectivity index (χ2v) is 8.55. The van der Waals surface area contributed by atoms with Crippen molar-refractivity contribution in [3.63, 3.8) is 0 Å². The van der Waals surface area contributed by atoms with Crippen molar-refractivity contribution in [2.24, 2.45) is 5.41 Å². The molecule has 0 saturated carbocycles. The zero-order valence-corrected chi connectivity index (χ0v) is 18.4. The van der Waals surface area contributed by atoms with Crippen molar-refractivity contribution < 1.29 is 33.7 Å². The number of aliphatic hydroxyl groups excluding tert-OH is 1. The van der Waals surface area contributed by atoms with Gasteiger partial charge in [0.25, 0.3) is 0 Å². The number of benzene rings is 1. The van der Waals surface area contributed by atoms with Gasteiger partial charge in [-0.1, -0.05) is 49.1 Å². The van der Waals surface area contributed by atoms with Crippen LogP contribution < -0.4 is 0 Å². The first-order valence-corrected chi connectivity index (χ1v) is 10.2. The van der Waals surface area contributed by atoms with Crippen LogP contribution in [0.15, 0.2) is 60.1 Å². The molecule has 0 bridgehead atoms. The van der Waals surface area contributed by atoms with Crippen molar-refractivity contribution in [2.45, 2.75) is 45.9 Å². The summed E-state index contributed by atoms with van der Waals surface area (Å²) in [5, 5.41) is 10.2. The minimum atomic E-state index is -1.18. The van der Waals surface area contributed by atoms with Gasteiger partial charge in [0, 0.05) is 5.57 Å². The number of fused-ring (bicyclic) bond motifs is 1. The smallest absolute Gasteiger partial charge is 0.339 e. The first kappa shape index (κ1) is 23.1. The lowest BCUT2D eigenvalue weighted by Gasteiger charge is -2.33. The lowest BCUT2D eigenvalue weighted by atomic mass is 9.98. The summed E-state index contributed by atoms with van der Waals surface area (Å²) in [6.07, 6.45) is 3.39. The Balaban J connectivity index is 1.78. The number of nitrogens with zero attached hydrogens (tertiary/aromatic N) is 1. The average molecular weight is 441 g/mol. The van der Waals surface area contributed by atoms with E-state index >= 15 is 0 Å². The lowest BCUT2D eigenvalue weighted by molar-refractivity contribution is -0.179. The second kappa shape index (κ2) is 9.30. The Morgan fingerprint density at radius 3 is 2.53 bits per heavy atom. The number of rotatable bonds is 7. The van der Waals surface area contributed by atoms with Crippen LogP contribution in [0.2, 0.25) is 0 Å². The van der Waals surface area contributed by atoms with E-state index in [0.717, 1.165) is 5.56 Å². The predicted molar refractivity (Wildman–Crippen MR) is 116 cm³/mol. The zero-order valence-electron chi connectivity index (χ0n) is 18.4. The molecule has 2 heterocycles. The van der Waals surface area contributed by atoms with E-state index in [1.165, 1.54) is 4.90 Å². The van der Waals surface area contributed by atoms with Gasteiger partial charge >= 0.3 is 11.9 Å². The fraction of sp³-hybridized carbons (Fsp3) is 0.375. The van der Waals surface area contributed by atoms with Gasteiger partial charge < -0.3 is 19.3 Å². The molecule has 32 heavy (non-hydrogen) atoms. The van der Waals surface area contributed by atoms with Crippen LogP contribution in [0, 0.1) is 5.41 Å². The molecule has 8 heteroatoms. The van der Waals surface area contributed by atoms with Gasteiger partial charge in [-0.3, -0.25) is 14.5 Å². The maximum atomic E-state index is 12.8. The number of aliphatic hydroxyl groups is 1. The monoisotopic (exact) mass is 441 g/mol. The van der Waals surface area contributed by atoms with Crippen molar-refractivity contribution in [1.29, 1.82) is 0 Å². The Bertz CT molecular complexity index is 972. The Morgan fingerprint density at radius 2 is 1.94 bits per heavy atom. The van der Waals surface area contributed by atoms with Crippen molar-refractivity contribution in [3.8, 4) is 0 Å². The number of β-lactam (4-membered cyclic amide) rings is 1. The number of carbonyl (C=O) groups excluding carboxylic acids is 3. The van der Waals surface area contributed by atoms with Crippen LogP contribution in [0.3, 0.4) is 0 Å². The molecule has 2 fully saturated rings. The number of ether oxygens (including phenoxy) is 3. The van der Waals surface area contributed by atoms with E-state index < -0.39 is 36.4 Å². The summed E-state index contributed by atoms with van der Waals surface area (Å²) in [5.74, 6) is -1.79. The molecule has 1 unspecified atom stereocenters. The highest BCUT2D eigenvalue weighted by Gasteiger charge is 2.55. The van der Waals surface area contributed by atoms with Crippen molar-refractivity contribution in [1.82, 2.24) is 4.90 Å². The standard InChI is InChI=1S/C24H27NO7/c1-15(26)17(12-8-11-16-9-6-5-7-10-16)21-20(25-18(27)13-19(25)32-21)22(28)30-14-31-23(29)24(2,3)4/h5-11,19-20,26H,1,12-14H2,2-4H3/b11-8+,21-17?/t19-,20?/m1/s1. The molecular weight excluding hydrogens is 414 g/mol. The minimum Gasteiger partial charge on any atom is -0.508 e. The molecule has 1 aromatic carbocycles. The van der Waals surface area contributed by atoms with Crippen LogP contribution in [-0.4, -0.2) is 46.9 Å². The maximum Gasteiger partial charge on any atom is 0.339 e. The fourth-order valence-corrected chi connectivity index (χ4v) is 3.28. The van der Waals surface area contributed by atoms with E-state index in [0.29, 0.717) is 0 Å². The van der Waals surface area contributed by atoms with Crippen LogP contribution >= 0.6 is 0 Å². The molecule has 0 aromatic heterocycles. The quantitative estimate of drug-likeness (QED) is 0.299. The third kappa shape index (κ3) is 5.01. The highest BCUT2D eigenvalue weighted by Crippen LogP contribution is 2.40. The van der Waals surface area contributed by atoms with Crippen LogP contribution in [0.4, 0.5) is 0 Å². The molecule has 2 aliphatic heterocycles. The predicted octanol–water partition coefficient (Wildman–Crippen LogP) is 3.46. The lowest BCUT2D eigenvalue weighted by Crippen LogP contribution is -2.55. The summed E-state index contributed by atoms with van der Waals surface area (Å²) in [6.45, 7) is 8.02. The van der Waals surface area contributed by atoms with Crippen molar-refractivity contribution in [2.75, 3.05) is 6.79 Å². The third-order valence-corrected chi connectivity index (χ3v) is 5.04. The van der Waals surface area contributed by atoms with Gasteiger partial charge in [0.2, 0.25) is 12.7 Å². The molecule has 1 amide bonds. The van der Waals surface area contributed by atoms with Crippen LogP contribution in [0.5, 0.6) is 0 Å². The summed E-state index contributed by atoms with van der Waals surface area (Å²) in [5.41, 5.74) is 0.496. The minimum absolute atomic E-state index is 0.109. The molecule has 2 atom stereocenters. The van der Waals surface area contributed by atoms with Crippen molar-refractivity contribution >= 4 is 23.9 Å². The SMILES string of the molecule is C=C(O)C(C/C=C/c1ccccc1)=C1O[C@@H]2CC(=O)N2C1C(=O)OCOC(=O)C(C)(C)C. The van der Waals surface area contributed by atoms with E-state index in [1.54, 1.807) is 26.8 Å². The molecule has 1 N–H and O–H groups in total. The summed E-state index contributed by atoms with van der Waals surface area (Å²) >= 11 is 0. The molecule has 2 aliphatic rings. The van der Waals surface area contributed by atoms with Gasteiger partial charge in [-0.15, -0.1) is 0 Å². The normalized spacial score (nSPS) is 21.5. The topological polar surface area (TPSA) is 102 Å². The molecule has 8 nitrogen and oxygen atoms in total. The van der Waals surface area contributed by atoms with Gasteiger partial charge in [0.15, 0.2) is 12.3 Å². The molecule has 1 aromatic rings. The Hall–Kier alpha value is -3.55.